The summed E-state index contributed by atoms with van der Waals surface area (Å²) in [5, 5.41) is 12.2. The number of amides is 2. The third kappa shape index (κ3) is 4.69. The average Bonchev–Trinajstić information content (AvgIpc) is 3.18. The molecule has 7 heteroatoms. The van der Waals surface area contributed by atoms with Crippen molar-refractivity contribution in [2.75, 3.05) is 26.2 Å². The molecule has 2 aromatic carbocycles. The molecule has 4 rings (SSSR count). The summed E-state index contributed by atoms with van der Waals surface area (Å²) in [6.45, 7) is 2.97. The maximum absolute atomic E-state index is 12.5. The van der Waals surface area contributed by atoms with Gasteiger partial charge in [-0.2, -0.15) is 0 Å². The first-order valence-corrected chi connectivity index (χ1v) is 11.7. The fraction of sp³-hybridized carbons (Fsp3) is 0.370. The van der Waals surface area contributed by atoms with Gasteiger partial charge in [0.1, 0.15) is 6.61 Å². The number of benzene rings is 2. The monoisotopic (exact) mass is 462 g/mol. The lowest BCUT2D eigenvalue weighted by Gasteiger charge is -2.39. The quantitative estimate of drug-likeness (QED) is 0.602. The lowest BCUT2D eigenvalue weighted by atomic mass is 9.77. The number of carboxylic acids is 1. The van der Waals surface area contributed by atoms with E-state index in [0.29, 0.717) is 25.8 Å². The third-order valence-electron chi connectivity index (χ3n) is 6.99. The van der Waals surface area contributed by atoms with Crippen LogP contribution in [0.15, 0.2) is 60.7 Å². The molecule has 0 aromatic heterocycles. The predicted octanol–water partition coefficient (Wildman–Crippen LogP) is 4.18. The van der Waals surface area contributed by atoms with E-state index >= 15 is 0 Å². The first-order chi connectivity index (χ1) is 16.4. The van der Waals surface area contributed by atoms with Gasteiger partial charge in [0.05, 0.1) is 5.41 Å². The van der Waals surface area contributed by atoms with Crippen LogP contribution in [0.4, 0.5) is 4.79 Å². The normalized spacial score (nSPS) is 19.5. The van der Waals surface area contributed by atoms with Crippen molar-refractivity contribution in [2.45, 2.75) is 32.1 Å². The summed E-state index contributed by atoms with van der Waals surface area (Å²) in [6.07, 6.45) is 4.13. The molecular formula is C27H30N2O5. The van der Waals surface area contributed by atoms with Gasteiger partial charge >= 0.3 is 12.1 Å². The van der Waals surface area contributed by atoms with E-state index in [1.165, 1.54) is 17.2 Å². The zero-order valence-electron chi connectivity index (χ0n) is 19.3. The molecule has 2 N–H and O–H groups in total. The Labute approximate surface area is 199 Å². The highest BCUT2D eigenvalue weighted by Crippen LogP contribution is 2.44. The number of carboxylic acid groups (broad SMARTS) is 1. The molecule has 1 aliphatic heterocycles. The molecule has 1 fully saturated rings. The van der Waals surface area contributed by atoms with E-state index in [1.54, 1.807) is 11.0 Å². The zero-order valence-corrected chi connectivity index (χ0v) is 19.3. The highest BCUT2D eigenvalue weighted by atomic mass is 16.5. The molecule has 1 aliphatic carbocycles. The van der Waals surface area contributed by atoms with Crippen molar-refractivity contribution >= 4 is 18.0 Å². The van der Waals surface area contributed by atoms with Crippen LogP contribution in [0.2, 0.25) is 0 Å². The van der Waals surface area contributed by atoms with Crippen LogP contribution in [-0.4, -0.2) is 54.2 Å². The van der Waals surface area contributed by atoms with E-state index in [0.717, 1.165) is 11.1 Å². The average molecular weight is 463 g/mol. The summed E-state index contributed by atoms with van der Waals surface area (Å²) >= 11 is 0. The number of nitrogens with zero attached hydrogens (tertiary/aromatic N) is 1. The summed E-state index contributed by atoms with van der Waals surface area (Å²) < 4.78 is 5.49. The highest BCUT2D eigenvalue weighted by Gasteiger charge is 2.41. The molecule has 0 spiro atoms. The SMILES string of the molecule is CCC1(C(=O)O)CCCN(C(=O)/C=C/CNC(=O)OCC2c3ccccc3-c3ccccc32)C1. The standard InChI is InChI=1S/C27H30N2O5/c1-2-27(25(31)32)14-8-16-29(18-27)24(30)13-7-15-28-26(33)34-17-23-21-11-5-3-9-19(21)20-10-4-6-12-22(20)23/h3-7,9-13,23H,2,8,14-18H2,1H3,(H,28,33)(H,31,32)/b13-7+. The second-order valence-corrected chi connectivity index (χ2v) is 8.91. The van der Waals surface area contributed by atoms with Crippen molar-refractivity contribution in [1.82, 2.24) is 10.2 Å². The minimum Gasteiger partial charge on any atom is -0.481 e. The van der Waals surface area contributed by atoms with E-state index in [4.69, 9.17) is 4.74 Å². The number of likely N-dealkylation sites (tertiary alicyclic amines) is 1. The first-order valence-electron chi connectivity index (χ1n) is 11.7. The molecule has 2 aromatic rings. The third-order valence-corrected chi connectivity index (χ3v) is 6.99. The smallest absolute Gasteiger partial charge is 0.407 e. The summed E-state index contributed by atoms with van der Waals surface area (Å²) in [5.74, 6) is -1.11. The Kier molecular flexibility index (Phi) is 7.01. The van der Waals surface area contributed by atoms with Crippen LogP contribution in [0.3, 0.4) is 0 Å². The number of hydrogen-bond acceptors (Lipinski definition) is 4. The minimum atomic E-state index is -0.874. The van der Waals surface area contributed by atoms with E-state index in [9.17, 15) is 19.5 Å². The van der Waals surface area contributed by atoms with Crippen molar-refractivity contribution < 1.29 is 24.2 Å². The minimum absolute atomic E-state index is 0.0116. The maximum atomic E-state index is 12.5. The van der Waals surface area contributed by atoms with Crippen molar-refractivity contribution in [2.24, 2.45) is 5.41 Å². The van der Waals surface area contributed by atoms with Gasteiger partial charge in [-0.15, -0.1) is 0 Å². The van der Waals surface area contributed by atoms with Crippen LogP contribution in [0.5, 0.6) is 0 Å². The number of hydrogen-bond donors (Lipinski definition) is 2. The second-order valence-electron chi connectivity index (χ2n) is 8.91. The first kappa shape index (κ1) is 23.5. The van der Waals surface area contributed by atoms with Crippen LogP contribution >= 0.6 is 0 Å². The van der Waals surface area contributed by atoms with Gasteiger partial charge in [-0.05, 0) is 41.5 Å². The molecule has 1 saturated heterocycles. The Balaban J connectivity index is 1.27. The predicted molar refractivity (Wildman–Crippen MR) is 128 cm³/mol. The molecule has 34 heavy (non-hydrogen) atoms. The van der Waals surface area contributed by atoms with Gasteiger partial charge < -0.3 is 20.1 Å². The van der Waals surface area contributed by atoms with Crippen molar-refractivity contribution in [1.29, 1.82) is 0 Å². The summed E-state index contributed by atoms with van der Waals surface area (Å²) in [7, 11) is 0. The molecular weight excluding hydrogens is 432 g/mol. The van der Waals surface area contributed by atoms with E-state index in [2.05, 4.69) is 29.6 Å². The van der Waals surface area contributed by atoms with Gasteiger partial charge in [-0.25, -0.2) is 4.79 Å². The molecule has 1 atom stereocenters. The second kappa shape index (κ2) is 10.1. The van der Waals surface area contributed by atoms with Crippen molar-refractivity contribution in [3.63, 3.8) is 0 Å². The summed E-state index contributed by atoms with van der Waals surface area (Å²) in [6, 6.07) is 16.3. The van der Waals surface area contributed by atoms with Crippen LogP contribution in [-0.2, 0) is 14.3 Å². The summed E-state index contributed by atoms with van der Waals surface area (Å²) in [4.78, 5) is 38.0. The number of aliphatic carboxylic acids is 1. The van der Waals surface area contributed by atoms with Crippen LogP contribution in [0, 0.1) is 5.41 Å². The lowest BCUT2D eigenvalue weighted by Crippen LogP contribution is -2.49. The Bertz CT molecular complexity index is 1070. The fourth-order valence-electron chi connectivity index (χ4n) is 4.99. The van der Waals surface area contributed by atoms with Gasteiger partial charge in [0.25, 0.3) is 0 Å². The summed E-state index contributed by atoms with van der Waals surface area (Å²) in [5.41, 5.74) is 3.75. The molecule has 0 saturated carbocycles. The molecule has 178 valence electrons. The Hall–Kier alpha value is -3.61. The van der Waals surface area contributed by atoms with Gasteiger partial charge in [-0.3, -0.25) is 9.59 Å². The molecule has 0 bridgehead atoms. The number of carbonyl (C=O) groups is 3. The van der Waals surface area contributed by atoms with Crippen LogP contribution in [0.1, 0.15) is 43.2 Å². The van der Waals surface area contributed by atoms with Crippen molar-refractivity contribution in [3.8, 4) is 11.1 Å². The molecule has 2 amide bonds. The number of fused-ring (bicyclic) bond motifs is 3. The van der Waals surface area contributed by atoms with Gasteiger partial charge in [0, 0.05) is 31.6 Å². The number of piperidine rings is 1. The maximum Gasteiger partial charge on any atom is 0.407 e. The molecule has 1 heterocycles. The number of rotatable bonds is 7. The Morgan fingerprint density at radius 2 is 1.76 bits per heavy atom. The Morgan fingerprint density at radius 3 is 2.38 bits per heavy atom. The van der Waals surface area contributed by atoms with Gasteiger partial charge in [-0.1, -0.05) is 61.5 Å². The number of alkyl carbamates (subject to hydrolysis) is 1. The zero-order chi connectivity index (χ0) is 24.1. The Morgan fingerprint density at radius 1 is 1.12 bits per heavy atom. The van der Waals surface area contributed by atoms with E-state index in [-0.39, 0.29) is 31.5 Å². The highest BCUT2D eigenvalue weighted by molar-refractivity contribution is 5.88. The van der Waals surface area contributed by atoms with E-state index in [1.807, 2.05) is 31.2 Å². The van der Waals surface area contributed by atoms with Gasteiger partial charge in [0.15, 0.2) is 0 Å². The lowest BCUT2D eigenvalue weighted by molar-refractivity contribution is -0.154. The molecule has 0 radical (unpaired) electrons. The number of carbonyl (C=O) groups excluding carboxylic acids is 2. The number of ether oxygens (including phenoxy) is 1. The molecule has 1 unspecified atom stereocenters. The molecule has 7 nitrogen and oxygen atoms in total. The number of nitrogens with one attached hydrogen (secondary N) is 1. The fourth-order valence-corrected chi connectivity index (χ4v) is 4.99. The topological polar surface area (TPSA) is 95.9 Å². The molecule has 2 aliphatic rings. The van der Waals surface area contributed by atoms with Crippen molar-refractivity contribution in [3.05, 3.63) is 71.8 Å². The largest absolute Gasteiger partial charge is 0.481 e. The van der Waals surface area contributed by atoms with Gasteiger partial charge in [0.2, 0.25) is 5.91 Å². The van der Waals surface area contributed by atoms with Crippen LogP contribution in [0.25, 0.3) is 11.1 Å². The van der Waals surface area contributed by atoms with E-state index < -0.39 is 17.5 Å². The van der Waals surface area contributed by atoms with Crippen LogP contribution < -0.4 is 5.32 Å².